The number of piperazine rings is 1. The number of nitrogens with zero attached hydrogens (tertiary/aromatic N) is 10. The molecule has 96 heavy (non-hydrogen) atoms. The Morgan fingerprint density at radius 2 is 1.45 bits per heavy atom. The monoisotopic (exact) mass is 1470 g/mol. The second-order valence-electron chi connectivity index (χ2n) is 24.9. The average Bonchev–Trinajstić information content (AvgIpc) is 1.97. The van der Waals surface area contributed by atoms with E-state index in [2.05, 4.69) is 60.6 Å². The van der Waals surface area contributed by atoms with Crippen LogP contribution in [0, 0.1) is 14.9 Å². The van der Waals surface area contributed by atoms with Crippen LogP contribution in [-0.4, -0.2) is 283 Å². The number of benzene rings is 2. The first-order chi connectivity index (χ1) is 46.3. The average molecular weight is 1470 g/mol. The van der Waals surface area contributed by atoms with Crippen LogP contribution in [0.5, 0.6) is 5.75 Å². The maximum absolute atomic E-state index is 14.6. The zero-order valence-corrected chi connectivity index (χ0v) is 57.7. The third-order valence-corrected chi connectivity index (χ3v) is 19.5. The number of carboxylic acids is 1. The molecule has 4 atom stereocenters. The molecule has 7 rings (SSSR count). The van der Waals surface area contributed by atoms with Crippen LogP contribution in [0.4, 0.5) is 4.39 Å². The molecule has 5 heterocycles. The normalized spacial score (nSPS) is 20.0. The number of hydrogen-bond acceptors (Lipinski definition) is 21. The summed E-state index contributed by atoms with van der Waals surface area (Å²) in [5.74, 6) is -2.26. The number of nitrogens with one attached hydrogen (secondary N) is 3. The highest BCUT2D eigenvalue weighted by Gasteiger charge is 2.44. The van der Waals surface area contributed by atoms with E-state index in [1.54, 1.807) is 29.2 Å². The number of rotatable bonds is 36. The number of carbonyl (C=O) groups excluding carboxylic acids is 9. The molecular formula is C66H91FIN13O14S. The van der Waals surface area contributed by atoms with Gasteiger partial charge < -0.3 is 45.1 Å². The predicted molar refractivity (Wildman–Crippen MR) is 362 cm³/mol. The highest BCUT2D eigenvalue weighted by molar-refractivity contribution is 14.1. The maximum Gasteiger partial charge on any atom is 0.317 e. The lowest BCUT2D eigenvalue weighted by Crippen LogP contribution is -2.50. The molecule has 0 aliphatic carbocycles. The highest BCUT2D eigenvalue weighted by atomic mass is 127. The zero-order valence-electron chi connectivity index (χ0n) is 54.7. The molecule has 4 fully saturated rings. The van der Waals surface area contributed by atoms with Crippen molar-refractivity contribution in [1.82, 2.24) is 60.1 Å². The van der Waals surface area contributed by atoms with Gasteiger partial charge in [0.1, 0.15) is 30.9 Å². The molecule has 0 bridgehead atoms. The number of likely N-dealkylation sites (tertiary alicyclic amines) is 2. The van der Waals surface area contributed by atoms with Gasteiger partial charge in [-0.25, -0.2) is 4.39 Å². The number of carbonyl (C=O) groups is 10. The zero-order chi connectivity index (χ0) is 68.8. The lowest BCUT2D eigenvalue weighted by molar-refractivity contribution is -0.140. The van der Waals surface area contributed by atoms with Gasteiger partial charge >= 0.3 is 5.97 Å². The number of nitriles is 1. The lowest BCUT2D eigenvalue weighted by atomic mass is 10.1. The Kier molecular flexibility index (Phi) is 31.7. The van der Waals surface area contributed by atoms with Crippen molar-refractivity contribution < 1.29 is 71.7 Å². The van der Waals surface area contributed by atoms with Gasteiger partial charge in [-0.2, -0.15) is 5.26 Å². The minimum atomic E-state index is -1.68. The van der Waals surface area contributed by atoms with Gasteiger partial charge in [0.15, 0.2) is 0 Å². The van der Waals surface area contributed by atoms with Crippen LogP contribution in [0.3, 0.4) is 0 Å². The van der Waals surface area contributed by atoms with E-state index in [1.165, 1.54) is 35.3 Å². The number of ether oxygens (including phenoxy) is 3. The number of carboxylic acid groups (broad SMARTS) is 1. The number of imide groups is 1. The second-order valence-corrected chi connectivity index (χ2v) is 27.3. The second kappa shape index (κ2) is 39.9. The highest BCUT2D eigenvalue weighted by Crippen LogP contribution is 2.31. The molecule has 30 heteroatoms. The minimum absolute atomic E-state index is 0.00276. The van der Waals surface area contributed by atoms with E-state index < -0.39 is 47.3 Å². The Morgan fingerprint density at radius 3 is 2.11 bits per heavy atom. The molecular weight excluding hydrogens is 1380 g/mol. The summed E-state index contributed by atoms with van der Waals surface area (Å²) >= 11 is 3.56. The number of fused-ring (bicyclic) bond motifs is 1. The maximum atomic E-state index is 14.6. The number of amides is 7. The Morgan fingerprint density at radius 1 is 0.781 bits per heavy atom. The third kappa shape index (κ3) is 25.7. The summed E-state index contributed by atoms with van der Waals surface area (Å²) in [4.78, 5) is 146. The summed E-state index contributed by atoms with van der Waals surface area (Å²) in [6.07, 6.45) is 7.14. The van der Waals surface area contributed by atoms with E-state index in [9.17, 15) is 62.7 Å². The van der Waals surface area contributed by atoms with Crippen molar-refractivity contribution in [3.8, 4) is 11.8 Å². The first-order valence-electron chi connectivity index (χ1n) is 33.0. The van der Waals surface area contributed by atoms with Gasteiger partial charge in [0.05, 0.1) is 55.2 Å². The van der Waals surface area contributed by atoms with Gasteiger partial charge in [0.2, 0.25) is 35.4 Å². The van der Waals surface area contributed by atoms with Crippen LogP contribution in [0.1, 0.15) is 93.5 Å². The molecule has 4 N–H and O–H groups in total. The number of pyridine rings is 1. The molecule has 7 amide bonds. The van der Waals surface area contributed by atoms with Gasteiger partial charge in [-0.1, -0.05) is 12.1 Å². The van der Waals surface area contributed by atoms with Crippen molar-refractivity contribution in [3.05, 3.63) is 69.4 Å². The molecule has 2 aromatic carbocycles. The summed E-state index contributed by atoms with van der Waals surface area (Å²) < 4.78 is 31.9. The molecule has 0 spiro atoms. The molecule has 4 saturated heterocycles. The topological polar surface area (TPSA) is 317 Å². The van der Waals surface area contributed by atoms with Crippen LogP contribution in [0.25, 0.3) is 10.9 Å². The molecule has 0 radical (unpaired) electrons. The standard InChI is InChI=1S/C66H91FIN13O14S/c1-66(67)38-52(39-69)81(44-66)62(88)40-72-64(91)54-18-20-70-56-17-16-53(36-55(54)56)95-35-5-4-21-74-31-33-79(34-32-74)60(86)11-7-22-80-61(87)37-57(65(80)92)96-43-51(9-2-3-19-71-58(84)10-6-8-49-12-14-50(68)15-13-49)73-59(85)41-75-23-24-76(42-63(89)90)26-28-78(46-94-48-83)30-29-77(27-25-75)45-93-47-82/h12-18,20,36,47-48,51-52,57H,2-11,19,21-35,37-38,40-46H2,1H3,(H,71,84)(H,72,91)(H,73,85)(H,89,90)/t51?,52-,57?,66?/m1/s1. The fourth-order valence-corrected chi connectivity index (χ4v) is 13.7. The number of halogens is 2. The summed E-state index contributed by atoms with van der Waals surface area (Å²) in [7, 11) is 0. The largest absolute Gasteiger partial charge is 0.494 e. The van der Waals surface area contributed by atoms with Crippen LogP contribution in [0.15, 0.2) is 54.7 Å². The van der Waals surface area contributed by atoms with Gasteiger partial charge in [0, 0.05) is 144 Å². The van der Waals surface area contributed by atoms with Crippen LogP contribution < -0.4 is 20.7 Å². The molecule has 0 saturated carbocycles. The number of aryl methyl sites for hydroxylation is 1. The van der Waals surface area contributed by atoms with E-state index in [1.807, 2.05) is 37.8 Å². The summed E-state index contributed by atoms with van der Waals surface area (Å²) in [6, 6.07) is 15.7. The van der Waals surface area contributed by atoms with E-state index in [-0.39, 0.29) is 94.0 Å². The number of thioether (sulfide) groups is 1. The fourth-order valence-electron chi connectivity index (χ4n) is 12.1. The molecule has 4 aliphatic heterocycles. The van der Waals surface area contributed by atoms with Crippen molar-refractivity contribution >= 4 is 106 Å². The molecule has 524 valence electrons. The lowest BCUT2D eigenvalue weighted by Gasteiger charge is -2.35. The van der Waals surface area contributed by atoms with E-state index in [0.717, 1.165) is 34.3 Å². The van der Waals surface area contributed by atoms with E-state index in [4.69, 9.17) is 14.2 Å². The van der Waals surface area contributed by atoms with Crippen LogP contribution in [-0.2, 0) is 59.0 Å². The molecule has 27 nitrogen and oxygen atoms in total. The Balaban J connectivity index is 0.837. The molecule has 3 aromatic rings. The van der Waals surface area contributed by atoms with Crippen LogP contribution in [0.2, 0.25) is 0 Å². The van der Waals surface area contributed by atoms with E-state index in [0.29, 0.717) is 166 Å². The molecule has 3 unspecified atom stereocenters. The summed E-state index contributed by atoms with van der Waals surface area (Å²) in [6.45, 7) is 8.28. The number of aromatic nitrogens is 1. The number of unbranched alkanes of at least 4 members (excludes halogenated alkanes) is 2. The van der Waals surface area contributed by atoms with Crippen molar-refractivity contribution in [3.63, 3.8) is 0 Å². The first-order valence-corrected chi connectivity index (χ1v) is 35.1. The minimum Gasteiger partial charge on any atom is -0.494 e. The van der Waals surface area contributed by atoms with Crippen molar-refractivity contribution in [2.75, 3.05) is 150 Å². The van der Waals surface area contributed by atoms with Gasteiger partial charge in [-0.3, -0.25) is 82.3 Å². The SMILES string of the molecule is CC1(F)C[C@H](C#N)N(C(=O)CNC(=O)c2ccnc3ccc(OCCCCN4CCN(C(=O)CCCN5C(=O)CC(SCC(CCCCNC(=O)CCCc6ccc(I)cc6)NC(=O)CN6CCN(COC=O)CCN(COC=O)CCN(CC(=O)O)CC6)C5=O)CC4)cc23)C1. The Hall–Kier alpha value is -7.15. The number of alkyl halides is 1. The van der Waals surface area contributed by atoms with Crippen molar-refractivity contribution in [2.24, 2.45) is 0 Å². The summed E-state index contributed by atoms with van der Waals surface area (Å²) in [5, 5.41) is 27.8. The van der Waals surface area contributed by atoms with Gasteiger partial charge in [0.25, 0.3) is 18.9 Å². The Bertz CT molecular complexity index is 3140. The smallest absolute Gasteiger partial charge is 0.317 e. The van der Waals surface area contributed by atoms with Crippen molar-refractivity contribution in [1.29, 1.82) is 5.26 Å². The number of hydrogen-bond donors (Lipinski definition) is 4. The fraction of sp³-hybridized carbons (Fsp3) is 0.606. The third-order valence-electron chi connectivity index (χ3n) is 17.4. The quantitative estimate of drug-likeness (QED) is 0.0281. The Labute approximate surface area is 577 Å². The van der Waals surface area contributed by atoms with Gasteiger partial charge in [-0.15, -0.1) is 11.8 Å². The summed E-state index contributed by atoms with van der Waals surface area (Å²) in [5.41, 5.74) is 0.331. The van der Waals surface area contributed by atoms with Crippen LogP contribution >= 0.6 is 34.4 Å². The predicted octanol–water partition coefficient (Wildman–Crippen LogP) is 2.73. The van der Waals surface area contributed by atoms with Crippen molar-refractivity contribution in [2.45, 2.75) is 107 Å². The first kappa shape index (κ1) is 76.2. The van der Waals surface area contributed by atoms with E-state index >= 15 is 0 Å². The number of aliphatic carboxylic acids is 1. The van der Waals surface area contributed by atoms with Gasteiger partial charge in [-0.05, 0) is 129 Å². The molecule has 1 aromatic heterocycles. The molecule has 4 aliphatic rings.